The Labute approximate surface area is 123 Å². The summed E-state index contributed by atoms with van der Waals surface area (Å²) in [6.45, 7) is 0.496. The fourth-order valence-electron chi connectivity index (χ4n) is 2.69. The van der Waals surface area contributed by atoms with Crippen LogP contribution in [0.5, 0.6) is 0 Å². The second kappa shape index (κ2) is 6.67. The number of nitrogens with one attached hydrogen (secondary N) is 1. The van der Waals surface area contributed by atoms with Crippen LogP contribution in [0.4, 0.5) is 5.69 Å². The minimum atomic E-state index is -0.715. The molecule has 21 heavy (non-hydrogen) atoms. The Hall–Kier alpha value is -1.95. The van der Waals surface area contributed by atoms with Gasteiger partial charge in [0.2, 0.25) is 5.91 Å². The van der Waals surface area contributed by atoms with E-state index in [-0.39, 0.29) is 11.6 Å². The van der Waals surface area contributed by atoms with E-state index in [0.29, 0.717) is 13.0 Å². The second-order valence-electron chi connectivity index (χ2n) is 5.65. The number of nitro benzene ring substituents is 1. The van der Waals surface area contributed by atoms with Crippen molar-refractivity contribution >= 4 is 11.6 Å². The minimum Gasteiger partial charge on any atom is -0.354 e. The highest BCUT2D eigenvalue weighted by Crippen LogP contribution is 2.25. The number of carbonyl (C=O) groups excluding carboxylic acids is 1. The number of hydrogen-bond acceptors (Lipinski definition) is 4. The van der Waals surface area contributed by atoms with E-state index in [0.717, 1.165) is 37.7 Å². The highest BCUT2D eigenvalue weighted by molar-refractivity contribution is 5.86. The Bertz CT molecular complexity index is 507. The first-order valence-corrected chi connectivity index (χ1v) is 7.32. The average molecular weight is 291 g/mol. The van der Waals surface area contributed by atoms with Crippen molar-refractivity contribution < 1.29 is 9.72 Å². The smallest absolute Gasteiger partial charge is 0.269 e. The molecule has 1 aliphatic carbocycles. The van der Waals surface area contributed by atoms with Crippen LogP contribution in [0, 0.1) is 10.1 Å². The first kappa shape index (κ1) is 15.4. The van der Waals surface area contributed by atoms with Gasteiger partial charge in [-0.2, -0.15) is 0 Å². The molecule has 0 atom stereocenters. The summed E-state index contributed by atoms with van der Waals surface area (Å²) >= 11 is 0. The first-order valence-electron chi connectivity index (χ1n) is 7.32. The van der Waals surface area contributed by atoms with Crippen molar-refractivity contribution in [1.82, 2.24) is 5.32 Å². The lowest BCUT2D eigenvalue weighted by Gasteiger charge is -2.31. The lowest BCUT2D eigenvalue weighted by Crippen LogP contribution is -2.55. The number of nitrogens with zero attached hydrogens (tertiary/aromatic N) is 1. The van der Waals surface area contributed by atoms with Crippen LogP contribution in [0.3, 0.4) is 0 Å². The molecule has 1 fully saturated rings. The fraction of sp³-hybridized carbons (Fsp3) is 0.533. The zero-order valence-corrected chi connectivity index (χ0v) is 12.0. The van der Waals surface area contributed by atoms with Gasteiger partial charge in [-0.1, -0.05) is 31.4 Å². The topological polar surface area (TPSA) is 98.3 Å². The minimum absolute atomic E-state index is 0.0749. The Morgan fingerprint density at radius 3 is 2.43 bits per heavy atom. The number of rotatable bonds is 5. The van der Waals surface area contributed by atoms with Crippen molar-refractivity contribution in [3.05, 3.63) is 39.9 Å². The lowest BCUT2D eigenvalue weighted by atomic mass is 9.82. The number of hydrogen-bond donors (Lipinski definition) is 2. The molecule has 0 aliphatic heterocycles. The maximum absolute atomic E-state index is 12.1. The van der Waals surface area contributed by atoms with Gasteiger partial charge in [0, 0.05) is 18.7 Å². The molecular weight excluding hydrogens is 270 g/mol. The normalized spacial score (nSPS) is 17.2. The molecule has 1 saturated carbocycles. The summed E-state index contributed by atoms with van der Waals surface area (Å²) < 4.78 is 0. The van der Waals surface area contributed by atoms with Crippen LogP contribution in [0.2, 0.25) is 0 Å². The molecular formula is C15H21N3O3. The maximum atomic E-state index is 12.1. The number of amides is 1. The standard InChI is InChI=1S/C15H21N3O3/c16-15(9-2-1-3-10-15)14(19)17-11-8-12-4-6-13(7-5-12)18(20)21/h4-7H,1-3,8-11,16H2,(H,17,19). The molecule has 0 unspecified atom stereocenters. The van der Waals surface area contributed by atoms with Crippen molar-refractivity contribution in [3.8, 4) is 0 Å². The van der Waals surface area contributed by atoms with Gasteiger partial charge in [0.25, 0.3) is 5.69 Å². The van der Waals surface area contributed by atoms with Crippen LogP contribution in [0.1, 0.15) is 37.7 Å². The number of nitro groups is 1. The molecule has 6 heteroatoms. The molecule has 3 N–H and O–H groups in total. The molecule has 0 aromatic heterocycles. The average Bonchev–Trinajstić information content (AvgIpc) is 2.48. The zero-order chi connectivity index (χ0) is 15.3. The van der Waals surface area contributed by atoms with Crippen molar-refractivity contribution in [2.75, 3.05) is 6.54 Å². The molecule has 6 nitrogen and oxygen atoms in total. The van der Waals surface area contributed by atoms with Gasteiger partial charge < -0.3 is 11.1 Å². The predicted octanol–water partition coefficient (Wildman–Crippen LogP) is 1.92. The monoisotopic (exact) mass is 291 g/mol. The van der Waals surface area contributed by atoms with Crippen LogP contribution < -0.4 is 11.1 Å². The molecule has 1 amide bonds. The summed E-state index contributed by atoms with van der Waals surface area (Å²) in [5.74, 6) is -0.0795. The van der Waals surface area contributed by atoms with E-state index in [2.05, 4.69) is 5.32 Å². The molecule has 0 radical (unpaired) electrons. The highest BCUT2D eigenvalue weighted by Gasteiger charge is 2.34. The van der Waals surface area contributed by atoms with E-state index < -0.39 is 10.5 Å². The second-order valence-corrected chi connectivity index (χ2v) is 5.65. The quantitative estimate of drug-likeness (QED) is 0.639. The molecule has 0 heterocycles. The Morgan fingerprint density at radius 2 is 1.86 bits per heavy atom. The predicted molar refractivity (Wildman–Crippen MR) is 79.8 cm³/mol. The van der Waals surface area contributed by atoms with Crippen molar-refractivity contribution in [1.29, 1.82) is 0 Å². The van der Waals surface area contributed by atoms with Gasteiger partial charge in [0.05, 0.1) is 10.5 Å². The zero-order valence-electron chi connectivity index (χ0n) is 12.0. The van der Waals surface area contributed by atoms with Crippen LogP contribution in [-0.4, -0.2) is 22.9 Å². The number of non-ortho nitro benzene ring substituents is 1. The van der Waals surface area contributed by atoms with Crippen LogP contribution in [0.15, 0.2) is 24.3 Å². The van der Waals surface area contributed by atoms with Crippen LogP contribution >= 0.6 is 0 Å². The largest absolute Gasteiger partial charge is 0.354 e. The van der Waals surface area contributed by atoms with E-state index in [4.69, 9.17) is 5.73 Å². The van der Waals surface area contributed by atoms with E-state index in [9.17, 15) is 14.9 Å². The lowest BCUT2D eigenvalue weighted by molar-refractivity contribution is -0.384. The summed E-state index contributed by atoms with van der Waals surface area (Å²) in [5.41, 5.74) is 6.46. The van der Waals surface area contributed by atoms with Crippen molar-refractivity contribution in [2.24, 2.45) is 5.73 Å². The third-order valence-electron chi connectivity index (χ3n) is 4.04. The van der Waals surface area contributed by atoms with E-state index >= 15 is 0 Å². The summed E-state index contributed by atoms with van der Waals surface area (Å²) in [4.78, 5) is 22.3. The van der Waals surface area contributed by atoms with E-state index in [1.807, 2.05) is 0 Å². The maximum Gasteiger partial charge on any atom is 0.269 e. The molecule has 0 saturated heterocycles. The van der Waals surface area contributed by atoms with E-state index in [1.54, 1.807) is 12.1 Å². The molecule has 0 spiro atoms. The summed E-state index contributed by atoms with van der Waals surface area (Å²) in [6, 6.07) is 6.37. The molecule has 0 bridgehead atoms. The number of benzene rings is 1. The van der Waals surface area contributed by atoms with E-state index in [1.165, 1.54) is 12.1 Å². The van der Waals surface area contributed by atoms with Gasteiger partial charge in [-0.3, -0.25) is 14.9 Å². The number of carbonyl (C=O) groups is 1. The van der Waals surface area contributed by atoms with Crippen LogP contribution in [0.25, 0.3) is 0 Å². The SMILES string of the molecule is NC1(C(=O)NCCc2ccc([N+](=O)[O-])cc2)CCCCC1. The highest BCUT2D eigenvalue weighted by atomic mass is 16.6. The Balaban J connectivity index is 1.80. The Kier molecular flexibility index (Phi) is 4.90. The van der Waals surface area contributed by atoms with Gasteiger partial charge in [-0.15, -0.1) is 0 Å². The molecule has 1 aromatic rings. The third-order valence-corrected chi connectivity index (χ3v) is 4.04. The first-order chi connectivity index (χ1) is 10.0. The van der Waals surface area contributed by atoms with Crippen molar-refractivity contribution in [2.45, 2.75) is 44.1 Å². The fourth-order valence-corrected chi connectivity index (χ4v) is 2.69. The van der Waals surface area contributed by atoms with Gasteiger partial charge in [-0.05, 0) is 24.8 Å². The molecule has 1 aliphatic rings. The third kappa shape index (κ3) is 4.01. The molecule has 2 rings (SSSR count). The summed E-state index contributed by atoms with van der Waals surface area (Å²) in [5, 5.41) is 13.4. The van der Waals surface area contributed by atoms with Gasteiger partial charge in [0.1, 0.15) is 0 Å². The summed E-state index contributed by atoms with van der Waals surface area (Å²) in [6.07, 6.45) is 5.29. The van der Waals surface area contributed by atoms with Gasteiger partial charge in [0.15, 0.2) is 0 Å². The van der Waals surface area contributed by atoms with Crippen molar-refractivity contribution in [3.63, 3.8) is 0 Å². The van der Waals surface area contributed by atoms with Crippen LogP contribution in [-0.2, 0) is 11.2 Å². The van der Waals surface area contributed by atoms with Gasteiger partial charge in [-0.25, -0.2) is 0 Å². The molecule has 114 valence electrons. The van der Waals surface area contributed by atoms with Gasteiger partial charge >= 0.3 is 0 Å². The molecule has 1 aromatic carbocycles. The Morgan fingerprint density at radius 1 is 1.24 bits per heavy atom. The number of nitrogens with two attached hydrogens (primary N) is 1. The summed E-state index contributed by atoms with van der Waals surface area (Å²) in [7, 11) is 0.